The molecule has 0 saturated carbocycles. The molecular formula is C18H23N3OS. The van der Waals surface area contributed by atoms with Gasteiger partial charge in [0.2, 0.25) is 0 Å². The third kappa shape index (κ3) is 4.10. The van der Waals surface area contributed by atoms with Crippen molar-refractivity contribution in [3.8, 4) is 0 Å². The van der Waals surface area contributed by atoms with Crippen LogP contribution in [0.3, 0.4) is 0 Å². The quantitative estimate of drug-likeness (QED) is 0.502. The van der Waals surface area contributed by atoms with Crippen LogP contribution in [0.5, 0.6) is 0 Å². The highest BCUT2D eigenvalue weighted by Crippen LogP contribution is 2.27. The van der Waals surface area contributed by atoms with E-state index in [0.717, 1.165) is 49.9 Å². The minimum absolute atomic E-state index is 0.824. The zero-order valence-electron chi connectivity index (χ0n) is 13.5. The number of furan rings is 1. The summed E-state index contributed by atoms with van der Waals surface area (Å²) in [5.74, 6) is 3.03. The second-order valence-electron chi connectivity index (χ2n) is 5.48. The molecule has 4 nitrogen and oxygen atoms in total. The van der Waals surface area contributed by atoms with Crippen molar-refractivity contribution in [2.45, 2.75) is 12.8 Å². The Morgan fingerprint density at radius 3 is 3.04 bits per heavy atom. The molecule has 1 aromatic heterocycles. The fourth-order valence-corrected chi connectivity index (χ4v) is 3.06. The zero-order chi connectivity index (χ0) is 15.9. The van der Waals surface area contributed by atoms with Gasteiger partial charge in [0.1, 0.15) is 5.76 Å². The summed E-state index contributed by atoms with van der Waals surface area (Å²) in [6.45, 7) is 2.65. The third-order valence-electron chi connectivity index (χ3n) is 3.93. The Labute approximate surface area is 142 Å². The number of hydrogen-bond acceptors (Lipinski definition) is 3. The van der Waals surface area contributed by atoms with Gasteiger partial charge in [-0.1, -0.05) is 18.2 Å². The molecule has 0 amide bonds. The second-order valence-corrected chi connectivity index (χ2v) is 6.47. The van der Waals surface area contributed by atoms with Crippen molar-refractivity contribution in [3.63, 3.8) is 0 Å². The number of hydrogen-bond donors (Lipinski definition) is 1. The van der Waals surface area contributed by atoms with E-state index in [0.29, 0.717) is 0 Å². The first-order valence-corrected chi connectivity index (χ1v) is 9.43. The number of fused-ring (bicyclic) bond motifs is 1. The van der Waals surface area contributed by atoms with E-state index in [1.54, 1.807) is 6.26 Å². The number of nitrogens with one attached hydrogen (secondary N) is 1. The van der Waals surface area contributed by atoms with Crippen LogP contribution in [0.4, 0.5) is 5.69 Å². The third-order valence-corrected chi connectivity index (χ3v) is 4.53. The molecule has 5 heteroatoms. The van der Waals surface area contributed by atoms with Crippen molar-refractivity contribution in [3.05, 3.63) is 54.0 Å². The van der Waals surface area contributed by atoms with Crippen LogP contribution in [-0.4, -0.2) is 37.6 Å². The van der Waals surface area contributed by atoms with Crippen molar-refractivity contribution in [1.29, 1.82) is 0 Å². The first kappa shape index (κ1) is 16.0. The second kappa shape index (κ2) is 8.11. The molecule has 122 valence electrons. The van der Waals surface area contributed by atoms with Gasteiger partial charge in [-0.2, -0.15) is 11.8 Å². The Kier molecular flexibility index (Phi) is 5.64. The molecule has 0 radical (unpaired) electrons. The van der Waals surface area contributed by atoms with E-state index in [2.05, 4.69) is 40.7 Å². The molecule has 0 unspecified atom stereocenters. The molecule has 0 atom stereocenters. The zero-order valence-corrected chi connectivity index (χ0v) is 14.3. The summed E-state index contributed by atoms with van der Waals surface area (Å²) in [5.41, 5.74) is 2.68. The molecule has 23 heavy (non-hydrogen) atoms. The maximum atomic E-state index is 5.40. The maximum absolute atomic E-state index is 5.40. The summed E-state index contributed by atoms with van der Waals surface area (Å²) >= 11 is 1.83. The van der Waals surface area contributed by atoms with Crippen molar-refractivity contribution in [2.75, 3.05) is 36.5 Å². The molecule has 1 N–H and O–H groups in total. The summed E-state index contributed by atoms with van der Waals surface area (Å²) in [7, 11) is 0. The van der Waals surface area contributed by atoms with E-state index < -0.39 is 0 Å². The first-order valence-electron chi connectivity index (χ1n) is 8.03. The molecule has 2 aromatic rings. The highest BCUT2D eigenvalue weighted by atomic mass is 32.2. The Bertz CT molecular complexity index is 639. The van der Waals surface area contributed by atoms with Crippen LogP contribution in [0.2, 0.25) is 0 Å². The van der Waals surface area contributed by atoms with Crippen LogP contribution in [-0.2, 0) is 12.8 Å². The smallest absolute Gasteiger partial charge is 0.198 e. The molecule has 0 saturated heterocycles. The van der Waals surface area contributed by atoms with Crippen LogP contribution in [0.1, 0.15) is 11.3 Å². The van der Waals surface area contributed by atoms with E-state index in [9.17, 15) is 0 Å². The van der Waals surface area contributed by atoms with E-state index >= 15 is 0 Å². The monoisotopic (exact) mass is 329 g/mol. The highest BCUT2D eigenvalue weighted by Gasteiger charge is 2.22. The van der Waals surface area contributed by atoms with E-state index in [1.807, 2.05) is 23.9 Å². The van der Waals surface area contributed by atoms with Gasteiger partial charge in [-0.25, -0.2) is 0 Å². The van der Waals surface area contributed by atoms with Crippen LogP contribution in [0.25, 0.3) is 0 Å². The fourth-order valence-electron chi connectivity index (χ4n) is 2.79. The number of rotatable bonds is 6. The SMILES string of the molecule is CSCCN=C(NCCc1ccco1)N1CCc2ccccc21. The van der Waals surface area contributed by atoms with Crippen molar-refractivity contribution in [1.82, 2.24) is 5.32 Å². The van der Waals surface area contributed by atoms with Gasteiger partial charge in [-0.3, -0.25) is 4.99 Å². The van der Waals surface area contributed by atoms with Gasteiger partial charge in [0.25, 0.3) is 0 Å². The minimum Gasteiger partial charge on any atom is -0.469 e. The molecule has 0 fully saturated rings. The number of benzene rings is 1. The van der Waals surface area contributed by atoms with Gasteiger partial charge in [-0.05, 0) is 36.4 Å². The number of anilines is 1. The van der Waals surface area contributed by atoms with Crippen LogP contribution in [0, 0.1) is 0 Å². The minimum atomic E-state index is 0.824. The average Bonchev–Trinajstić information content (AvgIpc) is 3.23. The Hall–Kier alpha value is -1.88. The lowest BCUT2D eigenvalue weighted by molar-refractivity contribution is 0.507. The molecule has 0 spiro atoms. The lowest BCUT2D eigenvalue weighted by Crippen LogP contribution is -2.41. The molecule has 0 bridgehead atoms. The molecule has 0 aliphatic carbocycles. The van der Waals surface area contributed by atoms with Crippen molar-refractivity contribution < 1.29 is 4.42 Å². The summed E-state index contributed by atoms with van der Waals surface area (Å²) in [4.78, 5) is 7.10. The molecule has 3 rings (SSSR count). The lowest BCUT2D eigenvalue weighted by atomic mass is 10.2. The summed E-state index contributed by atoms with van der Waals surface area (Å²) in [5, 5.41) is 3.51. The van der Waals surface area contributed by atoms with Gasteiger partial charge in [0.15, 0.2) is 5.96 Å². The number of nitrogens with zero attached hydrogens (tertiary/aromatic N) is 2. The topological polar surface area (TPSA) is 40.8 Å². The molecule has 1 aliphatic rings. The Morgan fingerprint density at radius 1 is 1.30 bits per heavy atom. The van der Waals surface area contributed by atoms with Gasteiger partial charge in [0.05, 0.1) is 12.8 Å². The molecular weight excluding hydrogens is 306 g/mol. The van der Waals surface area contributed by atoms with Crippen LogP contribution < -0.4 is 10.2 Å². The summed E-state index contributed by atoms with van der Waals surface area (Å²) in [6, 6.07) is 12.5. The number of guanidine groups is 1. The number of aliphatic imine (C=N–C) groups is 1. The molecule has 1 aromatic carbocycles. The molecule has 2 heterocycles. The maximum Gasteiger partial charge on any atom is 0.198 e. The average molecular weight is 329 g/mol. The van der Waals surface area contributed by atoms with Crippen molar-refractivity contribution >= 4 is 23.4 Å². The van der Waals surface area contributed by atoms with Gasteiger partial charge < -0.3 is 14.6 Å². The van der Waals surface area contributed by atoms with Gasteiger partial charge >= 0.3 is 0 Å². The first-order chi connectivity index (χ1) is 11.4. The van der Waals surface area contributed by atoms with Crippen LogP contribution in [0.15, 0.2) is 52.1 Å². The number of thioether (sulfide) groups is 1. The Morgan fingerprint density at radius 2 is 2.22 bits per heavy atom. The lowest BCUT2D eigenvalue weighted by Gasteiger charge is -2.22. The van der Waals surface area contributed by atoms with E-state index in [4.69, 9.17) is 9.41 Å². The normalized spacial score (nSPS) is 14.1. The predicted molar refractivity (Wildman–Crippen MR) is 98.6 cm³/mol. The predicted octanol–water partition coefficient (Wildman–Crippen LogP) is 3.19. The summed E-state index contributed by atoms with van der Waals surface area (Å²) in [6.07, 6.45) is 5.78. The standard InChI is InChI=1S/C18H23N3OS/c1-23-14-11-20-18(19-10-8-16-6-4-13-22-16)21-12-9-15-5-2-3-7-17(15)21/h2-7,13H,8-12,14H2,1H3,(H,19,20). The highest BCUT2D eigenvalue weighted by molar-refractivity contribution is 7.98. The number of para-hydroxylation sites is 1. The van der Waals surface area contributed by atoms with E-state index in [1.165, 1.54) is 11.3 Å². The largest absolute Gasteiger partial charge is 0.469 e. The van der Waals surface area contributed by atoms with Crippen LogP contribution >= 0.6 is 11.8 Å². The van der Waals surface area contributed by atoms with E-state index in [-0.39, 0.29) is 0 Å². The fraction of sp³-hybridized carbons (Fsp3) is 0.389. The summed E-state index contributed by atoms with van der Waals surface area (Å²) < 4.78 is 5.40. The Balaban J connectivity index is 1.67. The van der Waals surface area contributed by atoms with Gasteiger partial charge in [-0.15, -0.1) is 0 Å². The molecule has 1 aliphatic heterocycles. The van der Waals surface area contributed by atoms with Crippen molar-refractivity contribution in [2.24, 2.45) is 4.99 Å². The van der Waals surface area contributed by atoms with Gasteiger partial charge in [0, 0.05) is 31.0 Å².